The summed E-state index contributed by atoms with van der Waals surface area (Å²) in [6, 6.07) is 5.86. The largest absolute Gasteiger partial charge is 0.493 e. The van der Waals surface area contributed by atoms with Crippen LogP contribution < -0.4 is 4.74 Å². The molecule has 20 heavy (non-hydrogen) atoms. The first-order chi connectivity index (χ1) is 9.83. The lowest BCUT2D eigenvalue weighted by molar-refractivity contribution is 0.0371. The topological polar surface area (TPSA) is 38.8 Å². The van der Waals surface area contributed by atoms with E-state index in [2.05, 4.69) is 4.90 Å². The molecule has 108 valence electrons. The minimum absolute atomic E-state index is 0.193. The van der Waals surface area contributed by atoms with Crippen LogP contribution in [-0.4, -0.2) is 50.1 Å². The summed E-state index contributed by atoms with van der Waals surface area (Å²) in [5.74, 6) is 1.14. The van der Waals surface area contributed by atoms with E-state index in [0.717, 1.165) is 63.5 Å². The molecule has 0 radical (unpaired) electrons. The van der Waals surface area contributed by atoms with Crippen LogP contribution in [0.1, 0.15) is 28.8 Å². The Kier molecular flexibility index (Phi) is 4.33. The molecule has 0 spiro atoms. The van der Waals surface area contributed by atoms with Gasteiger partial charge in [0.15, 0.2) is 5.78 Å². The minimum Gasteiger partial charge on any atom is -0.493 e. The number of aryl methyl sites for hydroxylation is 1. The second kappa shape index (κ2) is 6.37. The van der Waals surface area contributed by atoms with Gasteiger partial charge in [0.1, 0.15) is 5.75 Å². The summed E-state index contributed by atoms with van der Waals surface area (Å²) in [6.07, 6.45) is 3.23. The number of ketones is 1. The number of Topliss-reactive ketones (excluding diaryl/α,β-unsaturated/α-hetero) is 1. The van der Waals surface area contributed by atoms with Crippen LogP contribution in [0.4, 0.5) is 0 Å². The van der Waals surface area contributed by atoms with E-state index >= 15 is 0 Å². The van der Waals surface area contributed by atoms with Gasteiger partial charge in [-0.2, -0.15) is 0 Å². The Labute approximate surface area is 119 Å². The zero-order valence-corrected chi connectivity index (χ0v) is 11.8. The van der Waals surface area contributed by atoms with Crippen molar-refractivity contribution in [1.29, 1.82) is 0 Å². The average molecular weight is 275 g/mol. The molecule has 1 saturated heterocycles. The summed E-state index contributed by atoms with van der Waals surface area (Å²) in [7, 11) is 0. The highest BCUT2D eigenvalue weighted by Gasteiger charge is 2.17. The highest BCUT2D eigenvalue weighted by Crippen LogP contribution is 2.25. The van der Waals surface area contributed by atoms with Crippen LogP contribution in [0.2, 0.25) is 0 Å². The molecule has 2 aliphatic rings. The number of fused-ring (bicyclic) bond motifs is 1. The lowest BCUT2D eigenvalue weighted by Crippen LogP contribution is -2.39. The summed E-state index contributed by atoms with van der Waals surface area (Å²) in [5, 5.41) is 0. The maximum atomic E-state index is 12.4. The molecule has 1 aromatic rings. The average Bonchev–Trinajstić information content (AvgIpc) is 2.72. The van der Waals surface area contributed by atoms with Gasteiger partial charge < -0.3 is 9.47 Å². The number of ether oxygens (including phenoxy) is 2. The quantitative estimate of drug-likeness (QED) is 0.790. The molecule has 1 fully saturated rings. The Morgan fingerprint density at radius 3 is 2.85 bits per heavy atom. The molecule has 0 amide bonds. The van der Waals surface area contributed by atoms with E-state index in [9.17, 15) is 4.79 Å². The molecule has 0 bridgehead atoms. The van der Waals surface area contributed by atoms with Gasteiger partial charge in [-0.15, -0.1) is 0 Å². The smallest absolute Gasteiger partial charge is 0.176 e. The maximum absolute atomic E-state index is 12.4. The van der Waals surface area contributed by atoms with E-state index in [1.54, 1.807) is 0 Å². The Morgan fingerprint density at radius 2 is 2.00 bits per heavy atom. The van der Waals surface area contributed by atoms with Gasteiger partial charge in [0, 0.05) is 18.7 Å². The summed E-state index contributed by atoms with van der Waals surface area (Å²) in [5.41, 5.74) is 1.98. The molecule has 0 unspecified atom stereocenters. The Morgan fingerprint density at radius 1 is 1.15 bits per heavy atom. The van der Waals surface area contributed by atoms with Crippen LogP contribution in [0.25, 0.3) is 0 Å². The molecule has 0 saturated carbocycles. The lowest BCUT2D eigenvalue weighted by Gasteiger charge is -2.25. The van der Waals surface area contributed by atoms with Gasteiger partial charge in [-0.05, 0) is 43.0 Å². The van der Waals surface area contributed by atoms with Crippen LogP contribution in [-0.2, 0) is 11.2 Å². The molecule has 0 atom stereocenters. The van der Waals surface area contributed by atoms with Gasteiger partial charge in [-0.1, -0.05) is 0 Å². The van der Waals surface area contributed by atoms with Crippen LogP contribution in [0.5, 0.6) is 5.75 Å². The SMILES string of the molecule is O=C(CN1CCOCC1)c1ccc2c(c1)CCCCO2. The molecular formula is C16H21NO3. The summed E-state index contributed by atoms with van der Waals surface area (Å²) >= 11 is 0. The molecular weight excluding hydrogens is 254 g/mol. The van der Waals surface area contributed by atoms with E-state index < -0.39 is 0 Å². The van der Waals surface area contributed by atoms with Gasteiger partial charge in [0.25, 0.3) is 0 Å². The van der Waals surface area contributed by atoms with Gasteiger partial charge >= 0.3 is 0 Å². The Balaban J connectivity index is 1.69. The van der Waals surface area contributed by atoms with E-state index in [1.165, 1.54) is 5.56 Å². The number of rotatable bonds is 3. The number of nitrogens with zero attached hydrogens (tertiary/aromatic N) is 1. The van der Waals surface area contributed by atoms with Crippen LogP contribution in [0.3, 0.4) is 0 Å². The standard InChI is InChI=1S/C16H21NO3/c18-15(12-17-6-9-19-10-7-17)13-4-5-16-14(11-13)3-1-2-8-20-16/h4-5,11H,1-3,6-10,12H2. The van der Waals surface area contributed by atoms with Crippen molar-refractivity contribution in [3.63, 3.8) is 0 Å². The normalized spacial score (nSPS) is 19.8. The van der Waals surface area contributed by atoms with Gasteiger partial charge in [-0.25, -0.2) is 0 Å². The first-order valence-corrected chi connectivity index (χ1v) is 7.42. The van der Waals surface area contributed by atoms with Gasteiger partial charge in [0.2, 0.25) is 0 Å². The van der Waals surface area contributed by atoms with Crippen LogP contribution in [0, 0.1) is 0 Å². The minimum atomic E-state index is 0.193. The first-order valence-electron chi connectivity index (χ1n) is 7.42. The summed E-state index contributed by atoms with van der Waals surface area (Å²) < 4.78 is 11.0. The second-order valence-corrected chi connectivity index (χ2v) is 5.44. The third-order valence-corrected chi connectivity index (χ3v) is 3.95. The third-order valence-electron chi connectivity index (χ3n) is 3.95. The maximum Gasteiger partial charge on any atom is 0.176 e. The van der Waals surface area contributed by atoms with Crippen molar-refractivity contribution in [3.8, 4) is 5.75 Å². The molecule has 1 aromatic carbocycles. The van der Waals surface area contributed by atoms with Crippen LogP contribution >= 0.6 is 0 Å². The van der Waals surface area contributed by atoms with Crippen molar-refractivity contribution in [2.45, 2.75) is 19.3 Å². The summed E-state index contributed by atoms with van der Waals surface area (Å²) in [4.78, 5) is 14.5. The highest BCUT2D eigenvalue weighted by atomic mass is 16.5. The number of carbonyl (C=O) groups excluding carboxylic acids is 1. The fourth-order valence-corrected chi connectivity index (χ4v) is 2.74. The van der Waals surface area contributed by atoms with Crippen molar-refractivity contribution in [1.82, 2.24) is 4.90 Å². The fourth-order valence-electron chi connectivity index (χ4n) is 2.74. The van der Waals surface area contributed by atoms with Crippen molar-refractivity contribution in [3.05, 3.63) is 29.3 Å². The number of hydrogen-bond donors (Lipinski definition) is 0. The van der Waals surface area contributed by atoms with E-state index in [0.29, 0.717) is 6.54 Å². The van der Waals surface area contributed by atoms with Gasteiger partial charge in [-0.3, -0.25) is 9.69 Å². The monoisotopic (exact) mass is 275 g/mol. The molecule has 0 aromatic heterocycles. The fraction of sp³-hybridized carbons (Fsp3) is 0.562. The molecule has 0 N–H and O–H groups in total. The van der Waals surface area contributed by atoms with Crippen LogP contribution in [0.15, 0.2) is 18.2 Å². The Bertz CT molecular complexity index is 481. The van der Waals surface area contributed by atoms with Crippen molar-refractivity contribution in [2.24, 2.45) is 0 Å². The van der Waals surface area contributed by atoms with E-state index in [1.807, 2.05) is 18.2 Å². The van der Waals surface area contributed by atoms with Crippen molar-refractivity contribution in [2.75, 3.05) is 39.5 Å². The zero-order chi connectivity index (χ0) is 13.8. The number of morpholine rings is 1. The molecule has 3 rings (SSSR count). The van der Waals surface area contributed by atoms with E-state index in [-0.39, 0.29) is 5.78 Å². The lowest BCUT2D eigenvalue weighted by atomic mass is 10.0. The first kappa shape index (κ1) is 13.6. The molecule has 2 heterocycles. The number of carbonyl (C=O) groups is 1. The predicted molar refractivity (Wildman–Crippen MR) is 76.5 cm³/mol. The van der Waals surface area contributed by atoms with Gasteiger partial charge in [0.05, 0.1) is 26.4 Å². The Hall–Kier alpha value is -1.39. The predicted octanol–water partition coefficient (Wildman–Crippen LogP) is 1.92. The number of benzene rings is 1. The highest BCUT2D eigenvalue weighted by molar-refractivity contribution is 5.98. The molecule has 0 aliphatic carbocycles. The zero-order valence-electron chi connectivity index (χ0n) is 11.8. The summed E-state index contributed by atoms with van der Waals surface area (Å²) in [6.45, 7) is 4.42. The number of hydrogen-bond acceptors (Lipinski definition) is 4. The second-order valence-electron chi connectivity index (χ2n) is 5.44. The van der Waals surface area contributed by atoms with Crippen molar-refractivity contribution >= 4 is 5.78 Å². The molecule has 4 nitrogen and oxygen atoms in total. The molecule has 4 heteroatoms. The van der Waals surface area contributed by atoms with E-state index in [4.69, 9.17) is 9.47 Å². The van der Waals surface area contributed by atoms with Crippen molar-refractivity contribution < 1.29 is 14.3 Å². The molecule has 2 aliphatic heterocycles. The third kappa shape index (κ3) is 3.19.